The zero-order valence-electron chi connectivity index (χ0n) is 35.9. The van der Waals surface area contributed by atoms with Gasteiger partial charge in [-0.3, -0.25) is 24.2 Å². The summed E-state index contributed by atoms with van der Waals surface area (Å²) in [5, 5.41) is 3.74. The van der Waals surface area contributed by atoms with E-state index >= 15 is 27.6 Å². The molecule has 14 heteroatoms. The van der Waals surface area contributed by atoms with E-state index in [0.29, 0.717) is 13.1 Å². The molecular formula is C47H54F3N3O7Si. The lowest BCUT2D eigenvalue weighted by Crippen LogP contribution is -2.70. The number of halogens is 3. The summed E-state index contributed by atoms with van der Waals surface area (Å²) in [5.74, 6) is -5.48. The minimum Gasteiger partial charge on any atom is -0.488 e. The van der Waals surface area contributed by atoms with Gasteiger partial charge in [-0.25, -0.2) is 0 Å². The number of benzene rings is 3. The molecule has 324 valence electrons. The van der Waals surface area contributed by atoms with Gasteiger partial charge in [-0.05, 0) is 110 Å². The highest BCUT2D eigenvalue weighted by Crippen LogP contribution is 2.59. The van der Waals surface area contributed by atoms with Crippen LogP contribution in [0.5, 0.6) is 11.6 Å². The van der Waals surface area contributed by atoms with Crippen LogP contribution in [-0.2, 0) is 41.6 Å². The quantitative estimate of drug-likeness (QED) is 0.107. The highest BCUT2D eigenvalue weighted by atomic mass is 28.4. The predicted octanol–water partition coefficient (Wildman–Crippen LogP) is 9.27. The number of nitrogens with zero attached hydrogens (tertiary/aromatic N) is 3. The van der Waals surface area contributed by atoms with Gasteiger partial charge in [0.05, 0.1) is 23.1 Å². The van der Waals surface area contributed by atoms with Crippen molar-refractivity contribution in [3.8, 4) is 11.6 Å². The first kappa shape index (κ1) is 43.0. The first-order chi connectivity index (χ1) is 28.8. The third-order valence-electron chi connectivity index (χ3n) is 13.7. The Hall–Kier alpha value is -4.63. The Morgan fingerprint density at radius 3 is 2.08 bits per heavy atom. The third kappa shape index (κ3) is 7.57. The number of fused-ring (bicyclic) bond motifs is 4. The molecule has 8 rings (SSSR count). The van der Waals surface area contributed by atoms with Crippen LogP contribution in [0.1, 0.15) is 100 Å². The third-order valence-corrected chi connectivity index (χ3v) is 18.1. The number of hydrogen-bond donors (Lipinski definition) is 0. The monoisotopic (exact) mass is 857 g/mol. The van der Waals surface area contributed by atoms with Gasteiger partial charge in [0.2, 0.25) is 5.78 Å². The molecule has 2 heterocycles. The summed E-state index contributed by atoms with van der Waals surface area (Å²) in [7, 11) is 0.514. The standard InChI is InChI=1S/C47H54F3N3O7Si/c1-45(2,3)61(6,7)60-46-33(39(52(4)5)41-37(43(46)56)44(51-59-41)58-27-29-18-12-9-13-19-29)23-30-22-32-36(40(54)35(30)42(46)55)34(57-26-28-16-10-8-11-17-28)24-31(38(32)47(48,49)50)25-53-20-14-15-21-53/h8-13,16-19,24,30,33,35,39H,14-15,20-23,25-27H2,1-7H3/t30-,33-,35?,39-,46-/m0/s1. The number of ketones is 3. The smallest absolute Gasteiger partial charge is 0.417 e. The number of rotatable bonds is 11. The Kier molecular flexibility index (Phi) is 11.2. The Bertz CT molecular complexity index is 2320. The molecule has 1 aromatic heterocycles. The largest absolute Gasteiger partial charge is 0.488 e. The molecule has 0 spiro atoms. The Morgan fingerprint density at radius 1 is 0.902 bits per heavy atom. The second-order valence-electron chi connectivity index (χ2n) is 18.9. The maximum absolute atomic E-state index is 15.9. The van der Waals surface area contributed by atoms with Gasteiger partial charge in [0.15, 0.2) is 31.2 Å². The topological polar surface area (TPSA) is 111 Å². The molecule has 2 fully saturated rings. The average Bonchev–Trinajstić information content (AvgIpc) is 3.87. The number of Topliss-reactive ketones (excluding diaryl/α,β-unsaturated/α-hetero) is 3. The minimum absolute atomic E-state index is 0.00199. The molecule has 4 aromatic rings. The molecule has 1 aliphatic heterocycles. The van der Waals surface area contributed by atoms with Crippen LogP contribution < -0.4 is 9.47 Å². The van der Waals surface area contributed by atoms with Crippen LogP contribution in [0.15, 0.2) is 71.3 Å². The predicted molar refractivity (Wildman–Crippen MR) is 224 cm³/mol. The average molecular weight is 858 g/mol. The van der Waals surface area contributed by atoms with E-state index in [4.69, 9.17) is 18.4 Å². The molecular weight excluding hydrogens is 804 g/mol. The van der Waals surface area contributed by atoms with Crippen molar-refractivity contribution < 1.29 is 46.0 Å². The van der Waals surface area contributed by atoms with Gasteiger partial charge in [0.1, 0.15) is 24.5 Å². The summed E-state index contributed by atoms with van der Waals surface area (Å²) >= 11 is 0. The Labute approximate surface area is 355 Å². The van der Waals surface area contributed by atoms with E-state index in [0.717, 1.165) is 24.0 Å². The second kappa shape index (κ2) is 15.9. The van der Waals surface area contributed by atoms with E-state index < -0.39 is 71.8 Å². The Balaban J connectivity index is 1.30. The molecule has 0 bridgehead atoms. The molecule has 5 atom stereocenters. The van der Waals surface area contributed by atoms with E-state index in [9.17, 15) is 0 Å². The van der Waals surface area contributed by atoms with Crippen LogP contribution >= 0.6 is 0 Å². The van der Waals surface area contributed by atoms with E-state index in [-0.39, 0.29) is 72.2 Å². The van der Waals surface area contributed by atoms with Crippen molar-refractivity contribution in [1.82, 2.24) is 15.0 Å². The molecule has 0 amide bonds. The molecule has 0 N–H and O–H groups in total. The maximum atomic E-state index is 15.9. The van der Waals surface area contributed by atoms with Gasteiger partial charge in [0, 0.05) is 12.5 Å². The van der Waals surface area contributed by atoms with E-state index in [1.54, 1.807) is 14.1 Å². The fraction of sp³-hybridized carbons (Fsp3) is 0.489. The normalized spacial score (nSPS) is 24.3. The Morgan fingerprint density at radius 2 is 1.51 bits per heavy atom. The second-order valence-corrected chi connectivity index (χ2v) is 23.6. The van der Waals surface area contributed by atoms with Crippen molar-refractivity contribution in [1.29, 1.82) is 0 Å². The number of carbonyl (C=O) groups is 3. The van der Waals surface area contributed by atoms with Gasteiger partial charge >= 0.3 is 6.18 Å². The maximum Gasteiger partial charge on any atom is 0.417 e. The molecule has 61 heavy (non-hydrogen) atoms. The first-order valence-electron chi connectivity index (χ1n) is 21.1. The van der Waals surface area contributed by atoms with Crippen molar-refractivity contribution in [3.63, 3.8) is 0 Å². The van der Waals surface area contributed by atoms with Crippen molar-refractivity contribution in [2.24, 2.45) is 17.8 Å². The van der Waals surface area contributed by atoms with Gasteiger partial charge in [-0.2, -0.15) is 13.2 Å². The van der Waals surface area contributed by atoms with Crippen molar-refractivity contribution in [2.45, 2.75) is 102 Å². The highest BCUT2D eigenvalue weighted by molar-refractivity contribution is 6.74. The summed E-state index contributed by atoms with van der Waals surface area (Å²) in [6.07, 6.45) is -3.24. The molecule has 1 unspecified atom stereocenters. The number of alkyl halides is 3. The fourth-order valence-corrected chi connectivity index (χ4v) is 11.3. The number of carbonyl (C=O) groups excluding carboxylic acids is 3. The molecule has 3 aliphatic carbocycles. The van der Waals surface area contributed by atoms with E-state index in [2.05, 4.69) is 5.16 Å². The highest BCUT2D eigenvalue weighted by Gasteiger charge is 2.70. The van der Waals surface area contributed by atoms with Gasteiger partial charge < -0.3 is 18.4 Å². The molecule has 10 nitrogen and oxygen atoms in total. The number of likely N-dealkylation sites (tertiary alicyclic amines) is 1. The van der Waals surface area contributed by atoms with E-state index in [1.807, 2.05) is 104 Å². The summed E-state index contributed by atoms with van der Waals surface area (Å²) in [5.41, 5.74) is -1.90. The van der Waals surface area contributed by atoms with Crippen molar-refractivity contribution in [2.75, 3.05) is 27.2 Å². The van der Waals surface area contributed by atoms with Gasteiger partial charge in [-0.1, -0.05) is 81.4 Å². The summed E-state index contributed by atoms with van der Waals surface area (Å²) in [4.78, 5) is 50.6. The molecule has 1 saturated carbocycles. The lowest BCUT2D eigenvalue weighted by molar-refractivity contribution is -0.151. The van der Waals surface area contributed by atoms with Crippen LogP contribution in [0.4, 0.5) is 13.2 Å². The lowest BCUT2D eigenvalue weighted by atomic mass is 9.54. The minimum atomic E-state index is -4.81. The van der Waals surface area contributed by atoms with Crippen LogP contribution in [-0.4, -0.2) is 73.4 Å². The van der Waals surface area contributed by atoms with Crippen molar-refractivity contribution >= 4 is 25.7 Å². The molecule has 4 aliphatic rings. The van der Waals surface area contributed by atoms with Crippen LogP contribution in [0, 0.1) is 17.8 Å². The number of ether oxygens (including phenoxy) is 2. The first-order valence-corrected chi connectivity index (χ1v) is 24.1. The van der Waals surface area contributed by atoms with Gasteiger partial charge in [0.25, 0.3) is 5.88 Å². The van der Waals surface area contributed by atoms with Crippen LogP contribution in [0.25, 0.3) is 0 Å². The zero-order chi connectivity index (χ0) is 43.6. The van der Waals surface area contributed by atoms with E-state index in [1.165, 1.54) is 6.07 Å². The number of hydrogen-bond acceptors (Lipinski definition) is 10. The summed E-state index contributed by atoms with van der Waals surface area (Å²) in [6.45, 7) is 11.3. The SMILES string of the molecule is CN(C)[C@@H]1c2onc(OCc3ccccc3)c2C(=O)[C@@]2(O[Si](C)(C)C(C)(C)C)C(=O)C3C(=O)c4c(OCc5ccccc5)cc(CN5CCCC5)c(C(F)(F)F)c4C[C@H]3C[C@@H]12. The van der Waals surface area contributed by atoms with Crippen LogP contribution in [0.2, 0.25) is 18.1 Å². The number of aromatic nitrogens is 1. The summed E-state index contributed by atoms with van der Waals surface area (Å²) < 4.78 is 72.3. The van der Waals surface area contributed by atoms with Crippen LogP contribution in [0.3, 0.4) is 0 Å². The van der Waals surface area contributed by atoms with Gasteiger partial charge in [-0.15, -0.1) is 0 Å². The molecule has 3 aromatic carbocycles. The fourth-order valence-electron chi connectivity index (χ4n) is 9.81. The lowest BCUT2D eigenvalue weighted by Gasteiger charge is -2.56. The molecule has 0 radical (unpaired) electrons. The molecule has 1 saturated heterocycles. The summed E-state index contributed by atoms with van der Waals surface area (Å²) in [6, 6.07) is 19.1. The van der Waals surface area contributed by atoms with Crippen molar-refractivity contribution in [3.05, 3.63) is 111 Å². The zero-order valence-corrected chi connectivity index (χ0v) is 36.9.